The van der Waals surface area contributed by atoms with Crippen LogP contribution in [0.15, 0.2) is 22.7 Å². The predicted octanol–water partition coefficient (Wildman–Crippen LogP) is 4.86. The number of aromatic nitrogens is 1. The van der Waals surface area contributed by atoms with Gasteiger partial charge < -0.3 is 4.74 Å². The van der Waals surface area contributed by atoms with Crippen molar-refractivity contribution in [3.05, 3.63) is 33.3 Å². The largest absolute Gasteiger partial charge is 0.481 e. The van der Waals surface area contributed by atoms with Crippen molar-refractivity contribution < 1.29 is 4.74 Å². The summed E-state index contributed by atoms with van der Waals surface area (Å²) in [7, 11) is 1.63. The highest BCUT2D eigenvalue weighted by Gasteiger charge is 2.15. The minimum Gasteiger partial charge on any atom is -0.481 e. The fourth-order valence-corrected chi connectivity index (χ4v) is 2.64. The van der Waals surface area contributed by atoms with Crippen LogP contribution < -0.4 is 4.74 Å². The summed E-state index contributed by atoms with van der Waals surface area (Å²) in [6.45, 7) is 4.31. The molecule has 4 heteroatoms. The summed E-state index contributed by atoms with van der Waals surface area (Å²) in [5, 5.41) is 1.70. The molecule has 0 unspecified atom stereocenters. The van der Waals surface area contributed by atoms with E-state index in [1.165, 1.54) is 0 Å². The number of nitrogens with zero attached hydrogens (tertiary/aromatic N) is 1. The summed E-state index contributed by atoms with van der Waals surface area (Å²) in [6.07, 6.45) is 0.859. The van der Waals surface area contributed by atoms with Crippen molar-refractivity contribution in [3.8, 4) is 5.88 Å². The maximum absolute atomic E-state index is 6.50. The maximum Gasteiger partial charge on any atom is 0.218 e. The first-order valence-corrected chi connectivity index (χ1v) is 7.01. The van der Waals surface area contributed by atoms with Gasteiger partial charge in [-0.05, 0) is 30.5 Å². The van der Waals surface area contributed by atoms with Crippen molar-refractivity contribution in [1.29, 1.82) is 0 Å². The van der Waals surface area contributed by atoms with Gasteiger partial charge >= 0.3 is 0 Å². The van der Waals surface area contributed by atoms with E-state index in [9.17, 15) is 0 Å². The lowest BCUT2D eigenvalue weighted by Gasteiger charge is -2.14. The van der Waals surface area contributed by atoms with Crippen molar-refractivity contribution in [2.75, 3.05) is 7.11 Å². The zero-order valence-electron chi connectivity index (χ0n) is 10.6. The number of fused-ring (bicyclic) bond motifs is 1. The van der Waals surface area contributed by atoms with Crippen LogP contribution in [0.4, 0.5) is 0 Å². The molecule has 2 nitrogen and oxygen atoms in total. The van der Waals surface area contributed by atoms with Gasteiger partial charge in [0.05, 0.1) is 17.6 Å². The van der Waals surface area contributed by atoms with Crippen LogP contribution >= 0.6 is 27.5 Å². The van der Waals surface area contributed by atoms with Crippen LogP contribution in [-0.4, -0.2) is 12.1 Å². The molecular weight excluding hydrogens is 314 g/mol. The first-order chi connectivity index (χ1) is 8.52. The summed E-state index contributed by atoms with van der Waals surface area (Å²) in [5.74, 6) is 1.13. The summed E-state index contributed by atoms with van der Waals surface area (Å²) in [4.78, 5) is 4.52. The van der Waals surface area contributed by atoms with E-state index in [2.05, 4.69) is 34.8 Å². The first-order valence-electron chi connectivity index (χ1n) is 5.84. The molecule has 2 aromatic rings. The van der Waals surface area contributed by atoms with E-state index in [-0.39, 0.29) is 0 Å². The van der Waals surface area contributed by atoms with Crippen LogP contribution in [0.1, 0.15) is 19.4 Å². The molecular formula is C14H15BrClNO. The molecule has 0 aliphatic carbocycles. The van der Waals surface area contributed by atoms with E-state index >= 15 is 0 Å². The minimum absolute atomic E-state index is 0.503. The number of rotatable bonds is 3. The Balaban J connectivity index is 2.70. The summed E-state index contributed by atoms with van der Waals surface area (Å²) in [6, 6.07) is 5.88. The van der Waals surface area contributed by atoms with Gasteiger partial charge in [-0.25, -0.2) is 4.98 Å². The fraction of sp³-hybridized carbons (Fsp3) is 0.357. The topological polar surface area (TPSA) is 22.1 Å². The third-order valence-corrected chi connectivity index (χ3v) is 3.67. The Morgan fingerprint density at radius 3 is 2.72 bits per heavy atom. The lowest BCUT2D eigenvalue weighted by Crippen LogP contribution is -2.02. The average molecular weight is 329 g/mol. The fourth-order valence-electron chi connectivity index (χ4n) is 1.97. The molecule has 0 saturated carbocycles. The van der Waals surface area contributed by atoms with E-state index in [4.69, 9.17) is 16.3 Å². The highest BCUT2D eigenvalue weighted by Crippen LogP contribution is 2.34. The number of methoxy groups -OCH3 is 1. The van der Waals surface area contributed by atoms with Gasteiger partial charge in [-0.2, -0.15) is 0 Å². The third-order valence-electron chi connectivity index (χ3n) is 2.75. The second kappa shape index (κ2) is 5.45. The van der Waals surface area contributed by atoms with Crippen LogP contribution in [0, 0.1) is 5.92 Å². The van der Waals surface area contributed by atoms with Gasteiger partial charge in [0.25, 0.3) is 0 Å². The summed E-state index contributed by atoms with van der Waals surface area (Å²) < 4.78 is 6.36. The Hall–Kier alpha value is -0.800. The normalized spacial score (nSPS) is 11.2. The molecule has 0 aliphatic rings. The molecule has 0 aliphatic heterocycles. The third kappa shape index (κ3) is 2.62. The van der Waals surface area contributed by atoms with Crippen LogP contribution in [-0.2, 0) is 6.42 Å². The summed E-state index contributed by atoms with van der Waals surface area (Å²) in [5.41, 5.74) is 1.84. The molecule has 0 bridgehead atoms. The van der Waals surface area contributed by atoms with Gasteiger partial charge in [-0.3, -0.25) is 0 Å². The number of benzene rings is 1. The van der Waals surface area contributed by atoms with Crippen LogP contribution in [0.5, 0.6) is 5.88 Å². The smallest absolute Gasteiger partial charge is 0.218 e. The molecule has 1 heterocycles. The molecule has 0 fully saturated rings. The van der Waals surface area contributed by atoms with Crippen molar-refractivity contribution in [2.45, 2.75) is 20.3 Å². The van der Waals surface area contributed by atoms with E-state index in [1.54, 1.807) is 7.11 Å². The van der Waals surface area contributed by atoms with Gasteiger partial charge in [-0.15, -0.1) is 0 Å². The number of hydrogen-bond donors (Lipinski definition) is 0. The zero-order chi connectivity index (χ0) is 13.3. The molecule has 0 radical (unpaired) electrons. The van der Waals surface area contributed by atoms with Crippen LogP contribution in [0.3, 0.4) is 0 Å². The van der Waals surface area contributed by atoms with Gasteiger partial charge in [0, 0.05) is 15.4 Å². The SMILES string of the molecule is COc1nc2ccc(Br)cc2c(Cl)c1CC(C)C. The number of pyridine rings is 1. The van der Waals surface area contributed by atoms with E-state index < -0.39 is 0 Å². The van der Waals surface area contributed by atoms with Crippen LogP contribution in [0.2, 0.25) is 5.02 Å². The van der Waals surface area contributed by atoms with Gasteiger partial charge in [-0.1, -0.05) is 41.4 Å². The predicted molar refractivity (Wildman–Crippen MR) is 79.5 cm³/mol. The van der Waals surface area contributed by atoms with Crippen molar-refractivity contribution in [1.82, 2.24) is 4.98 Å². The second-order valence-corrected chi connectivity index (χ2v) is 5.97. The molecule has 0 saturated heterocycles. The number of ether oxygens (including phenoxy) is 1. The van der Waals surface area contributed by atoms with Crippen molar-refractivity contribution >= 4 is 38.4 Å². The minimum atomic E-state index is 0.503. The molecule has 1 aromatic heterocycles. The van der Waals surface area contributed by atoms with E-state index in [0.717, 1.165) is 32.4 Å². The maximum atomic E-state index is 6.50. The lowest BCUT2D eigenvalue weighted by atomic mass is 10.0. The molecule has 96 valence electrons. The highest BCUT2D eigenvalue weighted by molar-refractivity contribution is 9.10. The average Bonchev–Trinajstić information content (AvgIpc) is 2.33. The van der Waals surface area contributed by atoms with E-state index in [1.807, 2.05) is 18.2 Å². The molecule has 0 amide bonds. The quantitative estimate of drug-likeness (QED) is 0.803. The molecule has 2 rings (SSSR count). The Labute approximate surface area is 120 Å². The first kappa shape index (κ1) is 13.6. The Morgan fingerprint density at radius 2 is 2.11 bits per heavy atom. The van der Waals surface area contributed by atoms with Gasteiger partial charge in [0.2, 0.25) is 5.88 Å². The second-order valence-electron chi connectivity index (χ2n) is 4.67. The molecule has 18 heavy (non-hydrogen) atoms. The molecule has 0 N–H and O–H groups in total. The molecule has 0 spiro atoms. The monoisotopic (exact) mass is 327 g/mol. The Kier molecular flexibility index (Phi) is 4.13. The van der Waals surface area contributed by atoms with Crippen molar-refractivity contribution in [2.24, 2.45) is 5.92 Å². The lowest BCUT2D eigenvalue weighted by molar-refractivity contribution is 0.391. The summed E-state index contributed by atoms with van der Waals surface area (Å²) >= 11 is 9.96. The van der Waals surface area contributed by atoms with Crippen molar-refractivity contribution in [3.63, 3.8) is 0 Å². The van der Waals surface area contributed by atoms with E-state index in [0.29, 0.717) is 11.8 Å². The highest BCUT2D eigenvalue weighted by atomic mass is 79.9. The Bertz CT molecular complexity index is 584. The Morgan fingerprint density at radius 1 is 1.39 bits per heavy atom. The molecule has 1 aromatic carbocycles. The standard InChI is InChI=1S/C14H15BrClNO/c1-8(2)6-11-13(16)10-7-9(15)4-5-12(10)17-14(11)18-3/h4-5,7-8H,6H2,1-3H3. The number of halogens is 2. The number of hydrogen-bond acceptors (Lipinski definition) is 2. The zero-order valence-corrected chi connectivity index (χ0v) is 13.0. The van der Waals surface area contributed by atoms with Gasteiger partial charge in [0.15, 0.2) is 0 Å². The van der Waals surface area contributed by atoms with Crippen LogP contribution in [0.25, 0.3) is 10.9 Å². The molecule has 0 atom stereocenters. The van der Waals surface area contributed by atoms with Gasteiger partial charge in [0.1, 0.15) is 0 Å².